The molecule has 0 aromatic carbocycles. The van der Waals surface area contributed by atoms with Gasteiger partial charge < -0.3 is 5.32 Å². The third kappa shape index (κ3) is 4.00. The summed E-state index contributed by atoms with van der Waals surface area (Å²) in [7, 11) is 0. The predicted octanol–water partition coefficient (Wildman–Crippen LogP) is 2.59. The van der Waals surface area contributed by atoms with Gasteiger partial charge in [0.25, 0.3) is 0 Å². The molecule has 0 saturated carbocycles. The van der Waals surface area contributed by atoms with Crippen molar-refractivity contribution in [3.8, 4) is 10.7 Å². The number of hydrogen-bond acceptors (Lipinski definition) is 6. The fourth-order valence-electron chi connectivity index (χ4n) is 2.38. The maximum Gasteiger partial charge on any atom is 0.143 e. The maximum atomic E-state index is 4.61. The van der Waals surface area contributed by atoms with Crippen molar-refractivity contribution >= 4 is 11.3 Å². The second kappa shape index (κ2) is 6.97. The van der Waals surface area contributed by atoms with Gasteiger partial charge >= 0.3 is 0 Å². The van der Waals surface area contributed by atoms with E-state index < -0.39 is 0 Å². The van der Waals surface area contributed by atoms with E-state index in [1.807, 2.05) is 11.6 Å². The lowest BCUT2D eigenvalue weighted by Gasteiger charge is -2.14. The van der Waals surface area contributed by atoms with Gasteiger partial charge in [-0.15, -0.1) is 11.3 Å². The van der Waals surface area contributed by atoms with Gasteiger partial charge in [0, 0.05) is 36.1 Å². The zero-order chi connectivity index (χ0) is 16.2. The first-order chi connectivity index (χ1) is 11.1. The Balaban J connectivity index is 1.56. The largest absolute Gasteiger partial charge is 0.307 e. The highest BCUT2D eigenvalue weighted by Gasteiger charge is 2.09. The monoisotopic (exact) mass is 328 g/mol. The Kier molecular flexibility index (Phi) is 4.78. The molecular weight excluding hydrogens is 308 g/mol. The first-order valence-corrected chi connectivity index (χ1v) is 8.45. The van der Waals surface area contributed by atoms with Crippen LogP contribution in [0.25, 0.3) is 10.7 Å². The van der Waals surface area contributed by atoms with Gasteiger partial charge in [0.05, 0.1) is 24.1 Å². The Morgan fingerprint density at radius 3 is 2.87 bits per heavy atom. The zero-order valence-electron chi connectivity index (χ0n) is 13.5. The van der Waals surface area contributed by atoms with Crippen molar-refractivity contribution < 1.29 is 0 Å². The summed E-state index contributed by atoms with van der Waals surface area (Å²) in [5, 5.41) is 11.0. The predicted molar refractivity (Wildman–Crippen MR) is 91.1 cm³/mol. The van der Waals surface area contributed by atoms with Crippen LogP contribution in [0.1, 0.15) is 24.0 Å². The average Bonchev–Trinajstić information content (AvgIpc) is 3.13. The van der Waals surface area contributed by atoms with E-state index in [4.69, 9.17) is 0 Å². The van der Waals surface area contributed by atoms with Gasteiger partial charge in [0.2, 0.25) is 0 Å². The number of hydrogen-bond donors (Lipinski definition) is 1. The van der Waals surface area contributed by atoms with Crippen LogP contribution in [-0.4, -0.2) is 30.8 Å². The molecule has 1 unspecified atom stereocenters. The number of rotatable bonds is 6. The van der Waals surface area contributed by atoms with Gasteiger partial charge in [-0.3, -0.25) is 14.6 Å². The van der Waals surface area contributed by atoms with Crippen LogP contribution in [0.2, 0.25) is 0 Å². The standard InChI is InChI=1S/C16H20N6S/c1-11-6-13(3)22(21-11)9-12(2)19-7-14-10-23-16(20-14)15-8-17-4-5-18-15/h4-6,8,10,12,19H,7,9H2,1-3H3. The third-order valence-corrected chi connectivity index (χ3v) is 4.43. The molecule has 3 rings (SSSR count). The van der Waals surface area contributed by atoms with Crippen molar-refractivity contribution in [3.05, 3.63) is 47.1 Å². The Hall–Kier alpha value is -2.12. The molecule has 3 heterocycles. The molecule has 1 N–H and O–H groups in total. The molecule has 1 atom stereocenters. The van der Waals surface area contributed by atoms with Crippen LogP contribution in [0, 0.1) is 13.8 Å². The highest BCUT2D eigenvalue weighted by Crippen LogP contribution is 2.20. The first-order valence-electron chi connectivity index (χ1n) is 7.57. The van der Waals surface area contributed by atoms with Gasteiger partial charge in [-0.1, -0.05) is 0 Å². The summed E-state index contributed by atoms with van der Waals surface area (Å²) in [4.78, 5) is 13.0. The quantitative estimate of drug-likeness (QED) is 0.753. The van der Waals surface area contributed by atoms with Crippen LogP contribution in [0.3, 0.4) is 0 Å². The van der Waals surface area contributed by atoms with Crippen molar-refractivity contribution in [2.45, 2.75) is 39.9 Å². The maximum absolute atomic E-state index is 4.61. The van der Waals surface area contributed by atoms with E-state index in [0.717, 1.165) is 35.2 Å². The van der Waals surface area contributed by atoms with Gasteiger partial charge in [-0.2, -0.15) is 5.10 Å². The van der Waals surface area contributed by atoms with E-state index in [0.29, 0.717) is 6.04 Å². The van der Waals surface area contributed by atoms with Gasteiger partial charge in [0.1, 0.15) is 10.7 Å². The highest BCUT2D eigenvalue weighted by molar-refractivity contribution is 7.13. The molecule has 0 radical (unpaired) electrons. The fourth-order valence-corrected chi connectivity index (χ4v) is 3.16. The van der Waals surface area contributed by atoms with Crippen molar-refractivity contribution in [3.63, 3.8) is 0 Å². The highest BCUT2D eigenvalue weighted by atomic mass is 32.1. The lowest BCUT2D eigenvalue weighted by molar-refractivity contribution is 0.442. The van der Waals surface area contributed by atoms with Crippen LogP contribution in [0.5, 0.6) is 0 Å². The minimum absolute atomic E-state index is 0.315. The number of aromatic nitrogens is 5. The molecule has 0 aliphatic rings. The molecular formula is C16H20N6S. The molecule has 0 aliphatic carbocycles. The topological polar surface area (TPSA) is 68.5 Å². The second-order valence-corrected chi connectivity index (χ2v) is 6.48. The number of nitrogens with zero attached hydrogens (tertiary/aromatic N) is 5. The minimum atomic E-state index is 0.315. The molecule has 0 amide bonds. The lowest BCUT2D eigenvalue weighted by Crippen LogP contribution is -2.30. The van der Waals surface area contributed by atoms with Gasteiger partial charge in [-0.25, -0.2) is 4.98 Å². The second-order valence-electron chi connectivity index (χ2n) is 5.63. The molecule has 0 fully saturated rings. The third-order valence-electron chi connectivity index (χ3n) is 3.52. The summed E-state index contributed by atoms with van der Waals surface area (Å²) < 4.78 is 2.04. The van der Waals surface area contributed by atoms with E-state index >= 15 is 0 Å². The SMILES string of the molecule is Cc1cc(C)n(CC(C)NCc2csc(-c3cnccn3)n2)n1. The Bertz CT molecular complexity index is 764. The summed E-state index contributed by atoms with van der Waals surface area (Å²) in [6.45, 7) is 7.84. The Morgan fingerprint density at radius 1 is 1.30 bits per heavy atom. The van der Waals surface area contributed by atoms with E-state index in [1.165, 1.54) is 5.69 Å². The van der Waals surface area contributed by atoms with Crippen LogP contribution in [-0.2, 0) is 13.1 Å². The van der Waals surface area contributed by atoms with Crippen molar-refractivity contribution in [2.24, 2.45) is 0 Å². The first kappa shape index (κ1) is 15.8. The summed E-state index contributed by atoms with van der Waals surface area (Å²) in [6.07, 6.45) is 5.09. The van der Waals surface area contributed by atoms with Crippen molar-refractivity contribution in [2.75, 3.05) is 0 Å². The summed E-state index contributed by atoms with van der Waals surface area (Å²) in [5.74, 6) is 0. The fraction of sp³-hybridized carbons (Fsp3) is 0.375. The molecule has 0 saturated heterocycles. The lowest BCUT2D eigenvalue weighted by atomic mass is 10.3. The normalized spacial score (nSPS) is 12.5. The number of thiazole rings is 1. The van der Waals surface area contributed by atoms with Gasteiger partial charge in [0.15, 0.2) is 0 Å². The van der Waals surface area contributed by atoms with Crippen molar-refractivity contribution in [1.82, 2.24) is 30.0 Å². The Labute approximate surface area is 139 Å². The zero-order valence-corrected chi connectivity index (χ0v) is 14.3. The van der Waals surface area contributed by atoms with E-state index in [1.54, 1.807) is 29.9 Å². The number of nitrogens with one attached hydrogen (secondary N) is 1. The van der Waals surface area contributed by atoms with Crippen LogP contribution in [0.15, 0.2) is 30.0 Å². The molecule has 3 aromatic heterocycles. The van der Waals surface area contributed by atoms with E-state index in [-0.39, 0.29) is 0 Å². The van der Waals surface area contributed by atoms with Crippen LogP contribution in [0.4, 0.5) is 0 Å². The average molecular weight is 328 g/mol. The van der Waals surface area contributed by atoms with Crippen LogP contribution < -0.4 is 5.32 Å². The molecule has 7 heteroatoms. The molecule has 0 aliphatic heterocycles. The van der Waals surface area contributed by atoms with Gasteiger partial charge in [-0.05, 0) is 26.8 Å². The Morgan fingerprint density at radius 2 is 2.17 bits per heavy atom. The molecule has 0 bridgehead atoms. The number of aryl methyl sites for hydroxylation is 2. The summed E-state index contributed by atoms with van der Waals surface area (Å²) in [6, 6.07) is 2.41. The molecule has 3 aromatic rings. The summed E-state index contributed by atoms with van der Waals surface area (Å²) >= 11 is 1.59. The molecule has 6 nitrogen and oxygen atoms in total. The molecule has 120 valence electrons. The minimum Gasteiger partial charge on any atom is -0.307 e. The van der Waals surface area contributed by atoms with E-state index in [9.17, 15) is 0 Å². The summed E-state index contributed by atoms with van der Waals surface area (Å²) in [5.41, 5.74) is 4.09. The smallest absolute Gasteiger partial charge is 0.143 e. The molecule has 23 heavy (non-hydrogen) atoms. The van der Waals surface area contributed by atoms with Crippen molar-refractivity contribution in [1.29, 1.82) is 0 Å². The van der Waals surface area contributed by atoms with Crippen LogP contribution >= 0.6 is 11.3 Å². The molecule has 0 spiro atoms. The van der Waals surface area contributed by atoms with E-state index in [2.05, 4.69) is 50.7 Å².